The molecule has 8 nitrogen and oxygen atoms in total. The van der Waals surface area contributed by atoms with E-state index in [0.29, 0.717) is 6.42 Å². The van der Waals surface area contributed by atoms with Crippen molar-refractivity contribution in [3.63, 3.8) is 0 Å². The molecule has 9 heteroatoms. The fourth-order valence-electron chi connectivity index (χ4n) is 2.50. The molecule has 1 unspecified atom stereocenters. The summed E-state index contributed by atoms with van der Waals surface area (Å²) in [5.74, 6) is -1.66. The molecule has 1 aromatic carbocycles. The van der Waals surface area contributed by atoms with Gasteiger partial charge in [0.05, 0.1) is 11.6 Å². The number of anilines is 1. The summed E-state index contributed by atoms with van der Waals surface area (Å²) >= 11 is 0. The van der Waals surface area contributed by atoms with E-state index in [-0.39, 0.29) is 24.0 Å². The Morgan fingerprint density at radius 2 is 1.93 bits per heavy atom. The minimum absolute atomic E-state index is 0.0216. The van der Waals surface area contributed by atoms with Crippen LogP contribution in [0.5, 0.6) is 0 Å². The molecule has 0 bridgehead atoms. The summed E-state index contributed by atoms with van der Waals surface area (Å²) in [5.41, 5.74) is 0.792. The molecule has 1 heterocycles. The number of hydrogen-bond acceptors (Lipinski definition) is 4. The lowest BCUT2D eigenvalue weighted by molar-refractivity contribution is -0.117. The lowest BCUT2D eigenvalue weighted by Crippen LogP contribution is -2.41. The quantitative estimate of drug-likeness (QED) is 0.484. The predicted octanol–water partition coefficient (Wildman–Crippen LogP) is 2.51. The summed E-state index contributed by atoms with van der Waals surface area (Å²) in [6.45, 7) is 1.78. The van der Waals surface area contributed by atoms with E-state index in [2.05, 4.69) is 15.4 Å². The highest BCUT2D eigenvalue weighted by atomic mass is 31.2. The van der Waals surface area contributed by atoms with Crippen LogP contribution in [0.25, 0.3) is 0 Å². The number of pyridine rings is 1. The number of benzene rings is 1. The van der Waals surface area contributed by atoms with E-state index in [1.807, 2.05) is 30.3 Å². The number of nitrogens with zero attached hydrogens (tertiary/aromatic N) is 1. The van der Waals surface area contributed by atoms with Crippen molar-refractivity contribution < 1.29 is 24.2 Å². The van der Waals surface area contributed by atoms with Crippen molar-refractivity contribution >= 4 is 25.2 Å². The van der Waals surface area contributed by atoms with Gasteiger partial charge in [-0.3, -0.25) is 9.36 Å². The Morgan fingerprint density at radius 3 is 2.56 bits per heavy atom. The molecule has 27 heavy (non-hydrogen) atoms. The van der Waals surface area contributed by atoms with Crippen molar-refractivity contribution in [1.82, 2.24) is 10.1 Å². The largest absolute Gasteiger partial charge is 0.478 e. The number of carbonyl (C=O) groups excluding carboxylic acids is 1. The lowest BCUT2D eigenvalue weighted by Gasteiger charge is -2.22. The fraction of sp³-hybridized carbons (Fsp3) is 0.278. The number of amides is 1. The molecule has 0 radical (unpaired) electrons. The van der Waals surface area contributed by atoms with Crippen LogP contribution < -0.4 is 10.4 Å². The van der Waals surface area contributed by atoms with Crippen LogP contribution in [0.1, 0.15) is 29.3 Å². The summed E-state index contributed by atoms with van der Waals surface area (Å²) in [6, 6.07) is 10.6. The highest BCUT2D eigenvalue weighted by molar-refractivity contribution is 7.55. The Hall–Kier alpha value is -2.54. The van der Waals surface area contributed by atoms with Crippen LogP contribution in [0.3, 0.4) is 0 Å². The SMILES string of the molecule is CCCP(=O)(O)N[C@@H](Cc1ccccc1)C(=O)Nc1cc(C(=O)O)ccn1. The molecule has 2 atom stereocenters. The molecule has 0 aliphatic rings. The van der Waals surface area contributed by atoms with Crippen LogP contribution in [0.4, 0.5) is 5.82 Å². The number of aromatic nitrogens is 1. The maximum Gasteiger partial charge on any atom is 0.335 e. The molecule has 0 aliphatic heterocycles. The number of nitrogens with one attached hydrogen (secondary N) is 2. The van der Waals surface area contributed by atoms with Crippen LogP contribution in [0.2, 0.25) is 0 Å². The summed E-state index contributed by atoms with van der Waals surface area (Å²) in [6.07, 6.45) is 1.99. The fourth-order valence-corrected chi connectivity index (χ4v) is 3.93. The second-order valence-corrected chi connectivity index (χ2v) is 8.13. The minimum atomic E-state index is -3.69. The second-order valence-electron chi connectivity index (χ2n) is 6.02. The molecule has 1 amide bonds. The minimum Gasteiger partial charge on any atom is -0.478 e. The molecular weight excluding hydrogens is 369 g/mol. The molecule has 2 rings (SSSR count). The van der Waals surface area contributed by atoms with Crippen molar-refractivity contribution in [3.05, 3.63) is 59.8 Å². The number of hydrogen-bond donors (Lipinski definition) is 4. The first kappa shape index (κ1) is 20.8. The van der Waals surface area contributed by atoms with E-state index in [1.54, 1.807) is 6.92 Å². The zero-order valence-electron chi connectivity index (χ0n) is 14.8. The van der Waals surface area contributed by atoms with E-state index >= 15 is 0 Å². The van der Waals surface area contributed by atoms with E-state index < -0.39 is 25.4 Å². The molecule has 0 spiro atoms. The van der Waals surface area contributed by atoms with Crippen LogP contribution in [-0.4, -0.2) is 39.1 Å². The Kier molecular flexibility index (Phi) is 7.24. The third kappa shape index (κ3) is 6.60. The first-order valence-corrected chi connectivity index (χ1v) is 10.3. The van der Waals surface area contributed by atoms with Crippen molar-refractivity contribution in [2.24, 2.45) is 0 Å². The highest BCUT2D eigenvalue weighted by Gasteiger charge is 2.28. The first-order chi connectivity index (χ1) is 12.8. The number of rotatable bonds is 9. The molecule has 1 aromatic heterocycles. The smallest absolute Gasteiger partial charge is 0.335 e. The maximum atomic E-state index is 12.7. The van der Waals surface area contributed by atoms with Gasteiger partial charge in [0.2, 0.25) is 5.91 Å². The Labute approximate surface area is 157 Å². The molecular formula is C18H22N3O5P. The Bertz CT molecular complexity index is 844. The van der Waals surface area contributed by atoms with Gasteiger partial charge in [0, 0.05) is 12.4 Å². The van der Waals surface area contributed by atoms with E-state index in [0.717, 1.165) is 5.56 Å². The third-order valence-corrected chi connectivity index (χ3v) is 5.51. The van der Waals surface area contributed by atoms with Crippen LogP contribution in [0.15, 0.2) is 48.7 Å². The van der Waals surface area contributed by atoms with Crippen molar-refractivity contribution in [3.8, 4) is 0 Å². The normalized spacial score (nSPS) is 14.1. The van der Waals surface area contributed by atoms with Gasteiger partial charge in [-0.15, -0.1) is 0 Å². The van der Waals surface area contributed by atoms with Gasteiger partial charge in [-0.05, 0) is 30.5 Å². The molecule has 0 aliphatic carbocycles. The monoisotopic (exact) mass is 391 g/mol. The Balaban J connectivity index is 2.20. The number of carboxylic acid groups (broad SMARTS) is 1. The average molecular weight is 391 g/mol. The number of aromatic carboxylic acids is 1. The Morgan fingerprint density at radius 1 is 1.22 bits per heavy atom. The lowest BCUT2D eigenvalue weighted by atomic mass is 10.1. The van der Waals surface area contributed by atoms with E-state index in [9.17, 15) is 19.0 Å². The molecule has 4 N–H and O–H groups in total. The molecule has 0 fully saturated rings. The molecule has 144 valence electrons. The summed E-state index contributed by atoms with van der Waals surface area (Å²) in [7, 11) is -3.69. The van der Waals surface area contributed by atoms with Gasteiger partial charge in [0.15, 0.2) is 0 Å². The summed E-state index contributed by atoms with van der Waals surface area (Å²) in [5, 5.41) is 14.1. The standard InChI is InChI=1S/C18H22N3O5P/c1-2-10-27(25,26)21-15(11-13-6-4-3-5-7-13)17(22)20-16-12-14(18(23)24)8-9-19-16/h3-9,12,15H,2,10-11H2,1H3,(H,23,24)(H,19,20,22)(H2,21,25,26)/t15-/m0/s1. The molecule has 0 saturated heterocycles. The van der Waals surface area contributed by atoms with Gasteiger partial charge in [-0.25, -0.2) is 14.9 Å². The maximum absolute atomic E-state index is 12.7. The average Bonchev–Trinajstić information content (AvgIpc) is 2.62. The van der Waals surface area contributed by atoms with Crippen molar-refractivity contribution in [2.75, 3.05) is 11.5 Å². The van der Waals surface area contributed by atoms with Crippen LogP contribution in [-0.2, 0) is 15.8 Å². The highest BCUT2D eigenvalue weighted by Crippen LogP contribution is 2.37. The number of carbonyl (C=O) groups is 2. The zero-order chi connectivity index (χ0) is 19.9. The van der Waals surface area contributed by atoms with E-state index in [1.165, 1.54) is 18.3 Å². The topological polar surface area (TPSA) is 129 Å². The zero-order valence-corrected chi connectivity index (χ0v) is 15.7. The summed E-state index contributed by atoms with van der Waals surface area (Å²) < 4.78 is 12.3. The molecule has 2 aromatic rings. The third-order valence-electron chi connectivity index (χ3n) is 3.74. The van der Waals surface area contributed by atoms with E-state index in [4.69, 9.17) is 5.11 Å². The van der Waals surface area contributed by atoms with Crippen molar-refractivity contribution in [1.29, 1.82) is 0 Å². The van der Waals surface area contributed by atoms with Crippen LogP contribution in [0, 0.1) is 0 Å². The molecule has 0 saturated carbocycles. The number of carboxylic acids is 1. The van der Waals surface area contributed by atoms with Gasteiger partial charge in [0.25, 0.3) is 7.52 Å². The second kappa shape index (κ2) is 9.41. The van der Waals surface area contributed by atoms with Crippen molar-refractivity contribution in [2.45, 2.75) is 25.8 Å². The van der Waals surface area contributed by atoms with Gasteiger partial charge in [-0.1, -0.05) is 37.3 Å². The first-order valence-electron chi connectivity index (χ1n) is 8.44. The van der Waals surface area contributed by atoms with Crippen LogP contribution >= 0.6 is 7.52 Å². The summed E-state index contributed by atoms with van der Waals surface area (Å²) in [4.78, 5) is 37.7. The predicted molar refractivity (Wildman–Crippen MR) is 102 cm³/mol. The van der Waals surface area contributed by atoms with Gasteiger partial charge in [-0.2, -0.15) is 0 Å². The van der Waals surface area contributed by atoms with Gasteiger partial charge < -0.3 is 15.3 Å². The van der Waals surface area contributed by atoms with Gasteiger partial charge in [0.1, 0.15) is 5.82 Å². The van der Waals surface area contributed by atoms with Gasteiger partial charge >= 0.3 is 5.97 Å².